The van der Waals surface area contributed by atoms with Gasteiger partial charge < -0.3 is 9.53 Å². The Morgan fingerprint density at radius 1 is 1.22 bits per heavy atom. The van der Waals surface area contributed by atoms with Crippen LogP contribution in [0.2, 0.25) is 18.1 Å². The highest BCUT2D eigenvalue weighted by Gasteiger charge is 2.38. The average molecular weight is 264 g/mol. The van der Waals surface area contributed by atoms with E-state index in [2.05, 4.69) is 40.4 Å². The Morgan fingerprint density at radius 2 is 1.72 bits per heavy atom. The van der Waals surface area contributed by atoms with Crippen molar-refractivity contribution in [2.24, 2.45) is 0 Å². The van der Waals surface area contributed by atoms with Crippen LogP contribution in [0.4, 0.5) is 0 Å². The predicted molar refractivity (Wildman–Crippen MR) is 79.4 cm³/mol. The van der Waals surface area contributed by atoms with Crippen LogP contribution in [-0.4, -0.2) is 13.4 Å². The van der Waals surface area contributed by atoms with E-state index in [9.17, 15) is 5.11 Å². The molecule has 1 aromatic carbocycles. The highest BCUT2D eigenvalue weighted by atomic mass is 28.4. The van der Waals surface area contributed by atoms with Crippen LogP contribution >= 0.6 is 0 Å². The molecule has 0 amide bonds. The van der Waals surface area contributed by atoms with Gasteiger partial charge in [0.2, 0.25) is 8.32 Å². The predicted octanol–water partition coefficient (Wildman–Crippen LogP) is 4.29. The lowest BCUT2D eigenvalue weighted by molar-refractivity contribution is 0.229. The van der Waals surface area contributed by atoms with E-state index in [0.29, 0.717) is 0 Å². The number of hydrogen-bond donors (Lipinski definition) is 1. The van der Waals surface area contributed by atoms with Gasteiger partial charge in [0.25, 0.3) is 0 Å². The molecule has 1 aromatic rings. The monoisotopic (exact) mass is 264 g/mol. The van der Waals surface area contributed by atoms with Gasteiger partial charge in [-0.3, -0.25) is 0 Å². The zero-order chi connectivity index (χ0) is 14.0. The summed E-state index contributed by atoms with van der Waals surface area (Å²) in [5, 5.41) is 9.82. The zero-order valence-electron chi connectivity index (χ0n) is 12.0. The first kappa shape index (κ1) is 15.0. The van der Waals surface area contributed by atoms with Crippen molar-refractivity contribution in [1.29, 1.82) is 0 Å². The molecule has 0 saturated heterocycles. The van der Waals surface area contributed by atoms with Crippen molar-refractivity contribution in [3.8, 4) is 5.75 Å². The lowest BCUT2D eigenvalue weighted by Crippen LogP contribution is -2.43. The Bertz CT molecular complexity index is 401. The molecular weight excluding hydrogens is 240 g/mol. The van der Waals surface area contributed by atoms with Gasteiger partial charge in [0.1, 0.15) is 5.75 Å². The molecule has 0 bridgehead atoms. The Hall–Kier alpha value is -1.06. The fraction of sp³-hybridized carbons (Fsp3) is 0.467. The fourth-order valence-electron chi connectivity index (χ4n) is 1.32. The average Bonchev–Trinajstić information content (AvgIpc) is 2.27. The number of rotatable bonds is 4. The quantitative estimate of drug-likeness (QED) is 0.649. The lowest BCUT2D eigenvalue weighted by Gasteiger charge is -2.36. The number of aliphatic hydroxyl groups is 1. The Kier molecular flexibility index (Phi) is 4.40. The van der Waals surface area contributed by atoms with Crippen molar-refractivity contribution >= 4 is 8.32 Å². The summed E-state index contributed by atoms with van der Waals surface area (Å²) in [7, 11) is -1.78. The second-order valence-corrected chi connectivity index (χ2v) is 10.8. The minimum absolute atomic E-state index is 0.187. The summed E-state index contributed by atoms with van der Waals surface area (Å²) in [6, 6.07) is 7.61. The highest BCUT2D eigenvalue weighted by Crippen LogP contribution is 2.37. The summed E-state index contributed by atoms with van der Waals surface area (Å²) in [6.07, 6.45) is 0.913. The summed E-state index contributed by atoms with van der Waals surface area (Å²) in [5.41, 5.74) is 0.840. The molecule has 0 aliphatic rings. The maximum atomic E-state index is 9.63. The third kappa shape index (κ3) is 3.46. The molecule has 1 N–H and O–H groups in total. The van der Waals surface area contributed by atoms with Crippen molar-refractivity contribution in [3.63, 3.8) is 0 Å². The minimum atomic E-state index is -1.78. The molecule has 0 aliphatic carbocycles. The van der Waals surface area contributed by atoms with Gasteiger partial charge >= 0.3 is 0 Å². The number of aliphatic hydroxyl groups excluding tert-OH is 1. The summed E-state index contributed by atoms with van der Waals surface area (Å²) >= 11 is 0. The van der Waals surface area contributed by atoms with Gasteiger partial charge in [-0.15, -0.1) is 6.58 Å². The summed E-state index contributed by atoms with van der Waals surface area (Å²) in [4.78, 5) is 0. The van der Waals surface area contributed by atoms with Crippen molar-refractivity contribution in [2.45, 2.75) is 45.0 Å². The van der Waals surface area contributed by atoms with Gasteiger partial charge in [-0.1, -0.05) is 39.0 Å². The first-order valence-electron chi connectivity index (χ1n) is 6.27. The molecule has 3 heteroatoms. The van der Waals surface area contributed by atoms with E-state index in [1.54, 1.807) is 0 Å². The van der Waals surface area contributed by atoms with E-state index >= 15 is 0 Å². The van der Waals surface area contributed by atoms with E-state index in [1.165, 1.54) is 6.08 Å². The van der Waals surface area contributed by atoms with Gasteiger partial charge in [0, 0.05) is 0 Å². The van der Waals surface area contributed by atoms with Gasteiger partial charge in [0.05, 0.1) is 6.10 Å². The van der Waals surface area contributed by atoms with Crippen LogP contribution in [0.1, 0.15) is 32.4 Å². The maximum absolute atomic E-state index is 9.63. The standard InChI is InChI=1S/C15H24O2Si/c1-7-14(16)12-8-10-13(11-9-12)17-18(5,6)15(2,3)4/h7-11,14,16H,1H2,2-6H3. The summed E-state index contributed by atoms with van der Waals surface area (Å²) < 4.78 is 6.17. The number of hydrogen-bond acceptors (Lipinski definition) is 2. The molecule has 0 saturated carbocycles. The second kappa shape index (κ2) is 5.29. The second-order valence-electron chi connectivity index (χ2n) is 6.11. The molecule has 0 heterocycles. The van der Waals surface area contributed by atoms with E-state index in [0.717, 1.165) is 11.3 Å². The van der Waals surface area contributed by atoms with Crippen LogP contribution in [0, 0.1) is 0 Å². The molecule has 0 aromatic heterocycles. The normalized spacial score (nSPS) is 14.1. The largest absolute Gasteiger partial charge is 0.544 e. The van der Waals surface area contributed by atoms with E-state index in [-0.39, 0.29) is 5.04 Å². The van der Waals surface area contributed by atoms with Crippen LogP contribution in [0.25, 0.3) is 0 Å². The van der Waals surface area contributed by atoms with Crippen LogP contribution in [0.5, 0.6) is 5.75 Å². The van der Waals surface area contributed by atoms with E-state index in [1.807, 2.05) is 24.3 Å². The van der Waals surface area contributed by atoms with Gasteiger partial charge in [0.15, 0.2) is 0 Å². The summed E-state index contributed by atoms with van der Waals surface area (Å²) in [5.74, 6) is 0.876. The van der Waals surface area contributed by atoms with Crippen LogP contribution in [0.3, 0.4) is 0 Å². The molecule has 0 aliphatic heterocycles. The van der Waals surface area contributed by atoms with Crippen LogP contribution in [0.15, 0.2) is 36.9 Å². The first-order chi connectivity index (χ1) is 8.17. The van der Waals surface area contributed by atoms with Gasteiger partial charge in [-0.05, 0) is 35.8 Å². The van der Waals surface area contributed by atoms with E-state index in [4.69, 9.17) is 4.43 Å². The third-order valence-corrected chi connectivity index (χ3v) is 7.98. The van der Waals surface area contributed by atoms with Crippen LogP contribution in [-0.2, 0) is 0 Å². The Labute approximate surface area is 111 Å². The highest BCUT2D eigenvalue weighted by molar-refractivity contribution is 6.74. The zero-order valence-corrected chi connectivity index (χ0v) is 13.0. The number of benzene rings is 1. The van der Waals surface area contributed by atoms with Gasteiger partial charge in [-0.2, -0.15) is 0 Å². The summed E-state index contributed by atoms with van der Waals surface area (Å²) in [6.45, 7) is 14.7. The Morgan fingerprint density at radius 3 is 2.11 bits per heavy atom. The molecule has 0 spiro atoms. The van der Waals surface area contributed by atoms with Crippen molar-refractivity contribution in [1.82, 2.24) is 0 Å². The fourth-order valence-corrected chi connectivity index (χ4v) is 2.35. The molecule has 18 heavy (non-hydrogen) atoms. The van der Waals surface area contributed by atoms with Crippen molar-refractivity contribution in [2.75, 3.05) is 0 Å². The van der Waals surface area contributed by atoms with Gasteiger partial charge in [-0.25, -0.2) is 0 Å². The minimum Gasteiger partial charge on any atom is -0.544 e. The van der Waals surface area contributed by atoms with Crippen molar-refractivity contribution in [3.05, 3.63) is 42.5 Å². The molecule has 2 nitrogen and oxygen atoms in total. The first-order valence-corrected chi connectivity index (χ1v) is 9.18. The smallest absolute Gasteiger partial charge is 0.250 e. The Balaban J connectivity index is 2.85. The van der Waals surface area contributed by atoms with E-state index < -0.39 is 14.4 Å². The maximum Gasteiger partial charge on any atom is 0.250 e. The molecular formula is C15H24O2Si. The lowest BCUT2D eigenvalue weighted by atomic mass is 10.1. The molecule has 1 rings (SSSR count). The molecule has 0 radical (unpaired) electrons. The van der Waals surface area contributed by atoms with Crippen LogP contribution < -0.4 is 4.43 Å². The molecule has 100 valence electrons. The third-order valence-electron chi connectivity index (χ3n) is 3.62. The van der Waals surface area contributed by atoms with Crippen molar-refractivity contribution < 1.29 is 9.53 Å². The molecule has 0 fully saturated rings. The SMILES string of the molecule is C=CC(O)c1ccc(O[Si](C)(C)C(C)(C)C)cc1. The molecule has 1 unspecified atom stereocenters. The molecule has 1 atom stereocenters. The topological polar surface area (TPSA) is 29.5 Å².